The highest BCUT2D eigenvalue weighted by Crippen LogP contribution is 2.34. The fraction of sp³-hybridized carbons (Fsp3) is 0.381. The topological polar surface area (TPSA) is 86.0 Å². The smallest absolute Gasteiger partial charge is 0.273 e. The van der Waals surface area contributed by atoms with Crippen molar-refractivity contribution in [1.29, 1.82) is 0 Å². The quantitative estimate of drug-likeness (QED) is 0.663. The molecule has 0 fully saturated rings. The second-order valence-corrected chi connectivity index (χ2v) is 7.17. The molecule has 0 radical (unpaired) electrons. The maximum absolute atomic E-state index is 13.3. The van der Waals surface area contributed by atoms with Crippen LogP contribution in [-0.4, -0.2) is 49.2 Å². The first-order chi connectivity index (χ1) is 14.1. The van der Waals surface area contributed by atoms with Crippen LogP contribution in [0.15, 0.2) is 42.9 Å². The highest BCUT2D eigenvalue weighted by Gasteiger charge is 2.37. The van der Waals surface area contributed by atoms with Gasteiger partial charge in [0.1, 0.15) is 11.4 Å². The van der Waals surface area contributed by atoms with Gasteiger partial charge in [0, 0.05) is 36.8 Å². The molecular formula is C21H24N6O2. The molecule has 2 atom stereocenters. The van der Waals surface area contributed by atoms with Gasteiger partial charge < -0.3 is 9.64 Å². The van der Waals surface area contributed by atoms with Gasteiger partial charge in [-0.2, -0.15) is 5.10 Å². The molecule has 0 spiro atoms. The second-order valence-electron chi connectivity index (χ2n) is 7.17. The molecule has 0 saturated heterocycles. The third kappa shape index (κ3) is 3.57. The first kappa shape index (κ1) is 19.0. The SMILES string of the molecule is CC[C@H](C)[C@H]1c2nc(-c3cccnc3)nn2CCN1C(=O)c1cc(OC)ccn1. The Kier molecular flexibility index (Phi) is 5.24. The number of fused-ring (bicyclic) bond motifs is 1. The van der Waals surface area contributed by atoms with Gasteiger partial charge in [0.25, 0.3) is 5.91 Å². The number of carbonyl (C=O) groups excluding carboxylic acids is 1. The minimum Gasteiger partial charge on any atom is -0.497 e. The summed E-state index contributed by atoms with van der Waals surface area (Å²) in [5.74, 6) is 2.15. The van der Waals surface area contributed by atoms with Crippen molar-refractivity contribution in [3.63, 3.8) is 0 Å². The van der Waals surface area contributed by atoms with Gasteiger partial charge in [-0.05, 0) is 24.1 Å². The van der Waals surface area contributed by atoms with Crippen molar-refractivity contribution >= 4 is 5.91 Å². The molecule has 1 amide bonds. The average Bonchev–Trinajstić information content (AvgIpc) is 3.22. The maximum atomic E-state index is 13.3. The summed E-state index contributed by atoms with van der Waals surface area (Å²) in [6.45, 7) is 5.40. The Morgan fingerprint density at radius 2 is 2.17 bits per heavy atom. The van der Waals surface area contributed by atoms with E-state index in [9.17, 15) is 4.79 Å². The molecule has 0 aliphatic carbocycles. The van der Waals surface area contributed by atoms with Crippen molar-refractivity contribution in [2.45, 2.75) is 32.9 Å². The van der Waals surface area contributed by atoms with Crippen LogP contribution in [-0.2, 0) is 6.54 Å². The summed E-state index contributed by atoms with van der Waals surface area (Å²) in [6.07, 6.45) is 5.98. The van der Waals surface area contributed by atoms with Gasteiger partial charge >= 0.3 is 0 Å². The predicted molar refractivity (Wildman–Crippen MR) is 107 cm³/mol. The van der Waals surface area contributed by atoms with Crippen molar-refractivity contribution in [1.82, 2.24) is 29.6 Å². The molecule has 0 aromatic carbocycles. The van der Waals surface area contributed by atoms with E-state index in [1.165, 1.54) is 0 Å². The van der Waals surface area contributed by atoms with Crippen LogP contribution in [0.2, 0.25) is 0 Å². The zero-order chi connectivity index (χ0) is 20.4. The molecule has 0 bridgehead atoms. The molecule has 150 valence electrons. The van der Waals surface area contributed by atoms with Gasteiger partial charge in [0.15, 0.2) is 11.6 Å². The van der Waals surface area contributed by atoms with Crippen LogP contribution in [0.3, 0.4) is 0 Å². The van der Waals surface area contributed by atoms with E-state index in [4.69, 9.17) is 9.72 Å². The maximum Gasteiger partial charge on any atom is 0.273 e. The molecule has 1 aliphatic rings. The highest BCUT2D eigenvalue weighted by atomic mass is 16.5. The summed E-state index contributed by atoms with van der Waals surface area (Å²) in [6, 6.07) is 7.04. The van der Waals surface area contributed by atoms with E-state index in [0.29, 0.717) is 30.4 Å². The van der Waals surface area contributed by atoms with E-state index in [2.05, 4.69) is 28.9 Å². The van der Waals surface area contributed by atoms with E-state index in [-0.39, 0.29) is 17.9 Å². The minimum absolute atomic E-state index is 0.119. The van der Waals surface area contributed by atoms with Gasteiger partial charge in [-0.25, -0.2) is 9.67 Å². The van der Waals surface area contributed by atoms with Crippen LogP contribution in [0.25, 0.3) is 11.4 Å². The average molecular weight is 392 g/mol. The fourth-order valence-electron chi connectivity index (χ4n) is 3.65. The number of aromatic nitrogens is 5. The standard InChI is InChI=1S/C21H24N6O2/c1-4-14(2)18-20-24-19(15-6-5-8-22-13-15)25-27(20)11-10-26(18)21(28)17-12-16(29-3)7-9-23-17/h5-9,12-14,18H,4,10-11H2,1-3H3/t14-,18-/m0/s1. The van der Waals surface area contributed by atoms with Crippen LogP contribution in [0.4, 0.5) is 0 Å². The monoisotopic (exact) mass is 392 g/mol. The number of carbonyl (C=O) groups is 1. The molecule has 0 N–H and O–H groups in total. The van der Waals surface area contributed by atoms with Gasteiger partial charge in [-0.15, -0.1) is 0 Å². The van der Waals surface area contributed by atoms with E-state index in [1.54, 1.807) is 37.8 Å². The van der Waals surface area contributed by atoms with Crippen molar-refractivity contribution in [2.75, 3.05) is 13.7 Å². The number of methoxy groups -OCH3 is 1. The summed E-state index contributed by atoms with van der Waals surface area (Å²) < 4.78 is 7.17. The normalized spacial score (nSPS) is 16.9. The van der Waals surface area contributed by atoms with Crippen molar-refractivity contribution < 1.29 is 9.53 Å². The summed E-state index contributed by atoms with van der Waals surface area (Å²) in [5.41, 5.74) is 1.24. The Balaban J connectivity index is 1.72. The van der Waals surface area contributed by atoms with Gasteiger partial charge in [-0.3, -0.25) is 14.8 Å². The van der Waals surface area contributed by atoms with E-state index >= 15 is 0 Å². The van der Waals surface area contributed by atoms with Crippen LogP contribution in [0.5, 0.6) is 5.75 Å². The summed E-state index contributed by atoms with van der Waals surface area (Å²) in [5, 5.41) is 4.67. The summed E-state index contributed by atoms with van der Waals surface area (Å²) in [4.78, 5) is 28.4. The third-order valence-electron chi connectivity index (χ3n) is 5.40. The molecule has 0 saturated carbocycles. The van der Waals surface area contributed by atoms with Gasteiger partial charge in [0.2, 0.25) is 0 Å². The lowest BCUT2D eigenvalue weighted by molar-refractivity contribution is 0.0512. The number of pyridine rings is 2. The van der Waals surface area contributed by atoms with E-state index < -0.39 is 0 Å². The Hall–Kier alpha value is -3.29. The number of ether oxygens (including phenoxy) is 1. The number of amides is 1. The zero-order valence-electron chi connectivity index (χ0n) is 16.8. The van der Waals surface area contributed by atoms with Crippen molar-refractivity contribution in [3.8, 4) is 17.1 Å². The third-order valence-corrected chi connectivity index (χ3v) is 5.40. The molecule has 3 aromatic rings. The molecule has 8 nitrogen and oxygen atoms in total. The minimum atomic E-state index is -0.174. The number of rotatable bonds is 5. The molecule has 3 aromatic heterocycles. The first-order valence-corrected chi connectivity index (χ1v) is 9.78. The Labute approximate surface area is 169 Å². The Morgan fingerprint density at radius 3 is 2.90 bits per heavy atom. The molecule has 4 rings (SSSR count). The predicted octanol–water partition coefficient (Wildman–Crippen LogP) is 2.99. The van der Waals surface area contributed by atoms with Crippen LogP contribution in [0.1, 0.15) is 42.6 Å². The lowest BCUT2D eigenvalue weighted by atomic mass is 9.95. The largest absolute Gasteiger partial charge is 0.497 e. The van der Waals surface area contributed by atoms with Crippen molar-refractivity contribution in [3.05, 3.63) is 54.4 Å². The highest BCUT2D eigenvalue weighted by molar-refractivity contribution is 5.93. The number of hydrogen-bond acceptors (Lipinski definition) is 6. The van der Waals surface area contributed by atoms with E-state index in [1.807, 2.05) is 21.7 Å². The second kappa shape index (κ2) is 7.98. The zero-order valence-corrected chi connectivity index (χ0v) is 16.8. The fourth-order valence-corrected chi connectivity index (χ4v) is 3.65. The summed E-state index contributed by atoms with van der Waals surface area (Å²) >= 11 is 0. The lowest BCUT2D eigenvalue weighted by Gasteiger charge is -2.38. The molecule has 8 heteroatoms. The van der Waals surface area contributed by atoms with Crippen molar-refractivity contribution in [2.24, 2.45) is 5.92 Å². The molecule has 4 heterocycles. The molecule has 0 unspecified atom stereocenters. The Morgan fingerprint density at radius 1 is 1.31 bits per heavy atom. The number of hydrogen-bond donors (Lipinski definition) is 0. The van der Waals surface area contributed by atoms with Crippen LogP contribution >= 0.6 is 0 Å². The molecule has 29 heavy (non-hydrogen) atoms. The van der Waals surface area contributed by atoms with Gasteiger partial charge in [0.05, 0.1) is 19.7 Å². The van der Waals surface area contributed by atoms with Crippen LogP contribution < -0.4 is 4.74 Å². The van der Waals surface area contributed by atoms with Gasteiger partial charge in [-0.1, -0.05) is 20.3 Å². The lowest BCUT2D eigenvalue weighted by Crippen LogP contribution is -2.45. The Bertz CT molecular complexity index is 1000. The number of nitrogens with zero attached hydrogens (tertiary/aromatic N) is 6. The van der Waals surface area contributed by atoms with Crippen LogP contribution in [0, 0.1) is 5.92 Å². The first-order valence-electron chi connectivity index (χ1n) is 9.78. The summed E-state index contributed by atoms with van der Waals surface area (Å²) in [7, 11) is 1.58. The molecule has 1 aliphatic heterocycles. The van der Waals surface area contributed by atoms with E-state index in [0.717, 1.165) is 17.8 Å². The molecular weight excluding hydrogens is 368 g/mol.